The van der Waals surface area contributed by atoms with Crippen molar-refractivity contribution in [2.75, 3.05) is 0 Å². The molecule has 0 bridgehead atoms. The highest BCUT2D eigenvalue weighted by molar-refractivity contribution is 7.77. The number of hydrogen-bond acceptors (Lipinski definition) is 3. The van der Waals surface area contributed by atoms with Gasteiger partial charge in [-0.2, -0.15) is 0 Å². The fraction of sp³-hybridized carbons (Fsp3) is 0.136. The van der Waals surface area contributed by atoms with Crippen molar-refractivity contribution in [3.63, 3.8) is 0 Å². The van der Waals surface area contributed by atoms with Gasteiger partial charge in [0.1, 0.15) is 5.82 Å². The standard InChI is InChI=1S/C22H21FN2O3S/c1-16(17-8-4-2-5-9-17)24-21(26)22(25-29(27)28,18-10-6-3-7-11-18)19-12-14-20(23)15-13-19/h2-16,25H,1H3,(H,24,26)(H,27,28)/p-1. The molecule has 0 aromatic heterocycles. The summed E-state index contributed by atoms with van der Waals surface area (Å²) in [5.41, 5.74) is -0.185. The van der Waals surface area contributed by atoms with Crippen molar-refractivity contribution >= 4 is 17.2 Å². The molecule has 7 heteroatoms. The molecule has 1 amide bonds. The Labute approximate surface area is 171 Å². The second-order valence-corrected chi connectivity index (χ2v) is 7.24. The molecule has 2 N–H and O–H groups in total. The van der Waals surface area contributed by atoms with Gasteiger partial charge in [0.05, 0.1) is 6.04 Å². The first-order chi connectivity index (χ1) is 13.9. The van der Waals surface area contributed by atoms with E-state index in [1.54, 1.807) is 30.3 Å². The molecule has 0 aliphatic rings. The van der Waals surface area contributed by atoms with Gasteiger partial charge in [-0.25, -0.2) is 9.11 Å². The zero-order valence-corrected chi connectivity index (χ0v) is 16.5. The minimum Gasteiger partial charge on any atom is -0.760 e. The van der Waals surface area contributed by atoms with E-state index in [1.807, 2.05) is 37.3 Å². The molecule has 0 heterocycles. The van der Waals surface area contributed by atoms with Gasteiger partial charge in [-0.15, -0.1) is 0 Å². The lowest BCUT2D eigenvalue weighted by Gasteiger charge is -2.36. The molecule has 3 unspecified atom stereocenters. The van der Waals surface area contributed by atoms with Crippen molar-refractivity contribution in [2.45, 2.75) is 18.5 Å². The van der Waals surface area contributed by atoms with Crippen molar-refractivity contribution in [3.8, 4) is 0 Å². The summed E-state index contributed by atoms with van der Waals surface area (Å²) in [6.07, 6.45) is 0. The summed E-state index contributed by atoms with van der Waals surface area (Å²) < 4.78 is 39.4. The number of benzene rings is 3. The van der Waals surface area contributed by atoms with Gasteiger partial charge < -0.3 is 9.87 Å². The van der Waals surface area contributed by atoms with E-state index >= 15 is 0 Å². The summed E-state index contributed by atoms with van der Waals surface area (Å²) >= 11 is -2.78. The molecule has 0 saturated heterocycles. The van der Waals surface area contributed by atoms with Crippen molar-refractivity contribution in [3.05, 3.63) is 107 Å². The third-order valence-electron chi connectivity index (χ3n) is 4.71. The fourth-order valence-corrected chi connectivity index (χ4v) is 3.81. The number of carbonyl (C=O) groups is 1. The highest BCUT2D eigenvalue weighted by Crippen LogP contribution is 2.32. The molecule has 3 rings (SSSR count). The van der Waals surface area contributed by atoms with Gasteiger partial charge in [-0.05, 0) is 35.7 Å². The molecule has 3 atom stereocenters. The lowest BCUT2D eigenvalue weighted by Crippen LogP contribution is -2.56. The third kappa shape index (κ3) is 4.59. The molecule has 0 radical (unpaired) electrons. The van der Waals surface area contributed by atoms with Crippen LogP contribution < -0.4 is 10.0 Å². The Kier molecular flexibility index (Phi) is 6.53. The van der Waals surface area contributed by atoms with Gasteiger partial charge in [0.25, 0.3) is 5.91 Å². The second-order valence-electron chi connectivity index (χ2n) is 6.57. The van der Waals surface area contributed by atoms with Crippen LogP contribution in [0.5, 0.6) is 0 Å². The normalized spacial score (nSPS) is 15.1. The fourth-order valence-electron chi connectivity index (χ4n) is 3.24. The zero-order chi connectivity index (χ0) is 20.9. The van der Waals surface area contributed by atoms with Crippen LogP contribution in [-0.4, -0.2) is 14.7 Å². The van der Waals surface area contributed by atoms with Crippen LogP contribution in [0.3, 0.4) is 0 Å². The summed E-state index contributed by atoms with van der Waals surface area (Å²) in [4.78, 5) is 13.5. The zero-order valence-electron chi connectivity index (χ0n) is 15.7. The van der Waals surface area contributed by atoms with E-state index in [0.29, 0.717) is 11.1 Å². The number of hydrogen-bond donors (Lipinski definition) is 2. The van der Waals surface area contributed by atoms with Crippen LogP contribution >= 0.6 is 0 Å². The van der Waals surface area contributed by atoms with Crippen molar-refractivity contribution in [2.24, 2.45) is 0 Å². The molecule has 0 aliphatic carbocycles. The average molecular weight is 411 g/mol. The van der Waals surface area contributed by atoms with Crippen molar-refractivity contribution in [1.29, 1.82) is 0 Å². The van der Waals surface area contributed by atoms with E-state index in [0.717, 1.165) is 5.56 Å². The molecule has 29 heavy (non-hydrogen) atoms. The monoisotopic (exact) mass is 411 g/mol. The lowest BCUT2D eigenvalue weighted by atomic mass is 9.82. The van der Waals surface area contributed by atoms with Crippen LogP contribution in [0.15, 0.2) is 84.9 Å². The predicted octanol–water partition coefficient (Wildman–Crippen LogP) is 3.33. The Balaban J connectivity index is 2.11. The summed E-state index contributed by atoms with van der Waals surface area (Å²) in [6, 6.07) is 22.6. The number of halogens is 1. The number of amides is 1. The minimum atomic E-state index is -2.78. The Bertz CT molecular complexity index is 984. The lowest BCUT2D eigenvalue weighted by molar-refractivity contribution is -0.126. The predicted molar refractivity (Wildman–Crippen MR) is 109 cm³/mol. The van der Waals surface area contributed by atoms with E-state index in [1.165, 1.54) is 24.3 Å². The molecule has 0 saturated carbocycles. The Hall–Kier alpha value is -2.87. The Morgan fingerprint density at radius 1 is 0.931 bits per heavy atom. The van der Waals surface area contributed by atoms with Crippen molar-refractivity contribution < 1.29 is 17.9 Å². The van der Waals surface area contributed by atoms with E-state index in [-0.39, 0.29) is 6.04 Å². The van der Waals surface area contributed by atoms with Crippen LogP contribution in [0, 0.1) is 5.82 Å². The van der Waals surface area contributed by atoms with Gasteiger partial charge in [0.2, 0.25) is 0 Å². The van der Waals surface area contributed by atoms with E-state index in [2.05, 4.69) is 10.0 Å². The molecular formula is C22H20FN2O3S-. The third-order valence-corrected chi connectivity index (χ3v) is 5.18. The highest BCUT2D eigenvalue weighted by atomic mass is 32.2. The molecule has 5 nitrogen and oxygen atoms in total. The summed E-state index contributed by atoms with van der Waals surface area (Å²) in [7, 11) is 0. The summed E-state index contributed by atoms with van der Waals surface area (Å²) in [6.45, 7) is 1.81. The highest BCUT2D eigenvalue weighted by Gasteiger charge is 2.43. The minimum absolute atomic E-state index is 0.298. The smallest absolute Gasteiger partial charge is 0.250 e. The largest absolute Gasteiger partial charge is 0.760 e. The second kappa shape index (κ2) is 9.09. The van der Waals surface area contributed by atoms with E-state index in [4.69, 9.17) is 0 Å². The maximum absolute atomic E-state index is 13.5. The van der Waals surface area contributed by atoms with Gasteiger partial charge in [0.15, 0.2) is 5.54 Å². The molecule has 3 aromatic carbocycles. The van der Waals surface area contributed by atoms with Crippen LogP contribution in [0.2, 0.25) is 0 Å². The van der Waals surface area contributed by atoms with Crippen LogP contribution in [0.4, 0.5) is 4.39 Å². The maximum atomic E-state index is 13.5. The first-order valence-corrected chi connectivity index (χ1v) is 10.1. The van der Waals surface area contributed by atoms with Crippen molar-refractivity contribution in [1.82, 2.24) is 10.0 Å². The van der Waals surface area contributed by atoms with Gasteiger partial charge >= 0.3 is 0 Å². The summed E-state index contributed by atoms with van der Waals surface area (Å²) in [5, 5.41) is 2.89. The van der Waals surface area contributed by atoms with Gasteiger partial charge in [-0.1, -0.05) is 72.8 Å². The molecule has 150 valence electrons. The molecule has 3 aromatic rings. The SMILES string of the molecule is CC(NC(=O)C(NS(=O)[O-])(c1ccccc1)c1ccc(F)cc1)c1ccccc1. The molecule has 0 aliphatic heterocycles. The van der Waals surface area contributed by atoms with Crippen LogP contribution in [0.25, 0.3) is 0 Å². The number of carbonyl (C=O) groups excluding carboxylic acids is 1. The average Bonchev–Trinajstić information content (AvgIpc) is 2.73. The van der Waals surface area contributed by atoms with Gasteiger partial charge in [0, 0.05) is 11.3 Å². The maximum Gasteiger partial charge on any atom is 0.250 e. The van der Waals surface area contributed by atoms with Crippen LogP contribution in [0.1, 0.15) is 29.7 Å². The number of nitrogens with one attached hydrogen (secondary N) is 2. The number of rotatable bonds is 7. The first kappa shape index (κ1) is 20.9. The van der Waals surface area contributed by atoms with Crippen LogP contribution in [-0.2, 0) is 21.6 Å². The Morgan fingerprint density at radius 3 is 2.00 bits per heavy atom. The molecule has 0 fully saturated rings. The van der Waals surface area contributed by atoms with Gasteiger partial charge in [-0.3, -0.25) is 9.00 Å². The topological polar surface area (TPSA) is 81.3 Å². The first-order valence-electron chi connectivity index (χ1n) is 8.98. The quantitative estimate of drug-likeness (QED) is 0.585. The summed E-state index contributed by atoms with van der Waals surface area (Å²) in [5.74, 6) is -1.06. The Morgan fingerprint density at radius 2 is 1.45 bits per heavy atom. The van der Waals surface area contributed by atoms with E-state index < -0.39 is 28.5 Å². The van der Waals surface area contributed by atoms with E-state index in [9.17, 15) is 17.9 Å². The molecule has 0 spiro atoms. The molecular weight excluding hydrogens is 391 g/mol.